The first kappa shape index (κ1) is 29.3. The van der Waals surface area contributed by atoms with Gasteiger partial charge in [0.15, 0.2) is 6.17 Å². The van der Waals surface area contributed by atoms with Crippen molar-refractivity contribution in [2.45, 2.75) is 13.1 Å². The zero-order valence-corrected chi connectivity index (χ0v) is 7.01. The molecular weight excluding hydrogens is 191 g/mol. The Morgan fingerprint density at radius 1 is 1.46 bits per heavy atom. The van der Waals surface area contributed by atoms with Gasteiger partial charge in [-0.3, -0.25) is 9.41 Å². The third-order valence-electron chi connectivity index (χ3n) is 0.340. The van der Waals surface area contributed by atoms with Gasteiger partial charge in [0, 0.05) is 0 Å². The van der Waals surface area contributed by atoms with Gasteiger partial charge in [-0.1, -0.05) is 0 Å². The summed E-state index contributed by atoms with van der Waals surface area (Å²) < 4.78 is 11.2. The Morgan fingerprint density at radius 2 is 1.54 bits per heavy atom. The van der Waals surface area contributed by atoms with E-state index in [1.807, 2.05) is 0 Å². The molecule has 0 saturated carbocycles. The van der Waals surface area contributed by atoms with E-state index in [0.29, 0.717) is 0 Å². The van der Waals surface area contributed by atoms with Crippen LogP contribution in [-0.2, 0) is 4.79 Å². The summed E-state index contributed by atoms with van der Waals surface area (Å²) in [5.41, 5.74) is 0. The number of alkyl halides is 1. The van der Waals surface area contributed by atoms with Crippen LogP contribution in [0.5, 0.6) is 0 Å². The molecule has 13 heavy (non-hydrogen) atoms. The summed E-state index contributed by atoms with van der Waals surface area (Å²) in [6, 6.07) is 0. The maximum atomic E-state index is 11.2. The van der Waals surface area contributed by atoms with Crippen molar-refractivity contribution in [1.29, 1.82) is 0 Å². The van der Waals surface area contributed by atoms with Crippen LogP contribution in [0.25, 0.3) is 0 Å². The number of carboxylic acids is 1. The second-order valence-corrected chi connectivity index (χ2v) is 1.28. The van der Waals surface area contributed by atoms with Gasteiger partial charge in [0.2, 0.25) is 0 Å². The van der Waals surface area contributed by atoms with Crippen molar-refractivity contribution in [1.82, 2.24) is 0 Å². The van der Waals surface area contributed by atoms with Crippen LogP contribution in [-0.4, -0.2) is 34.6 Å². The topological polar surface area (TPSA) is 101 Å². The third kappa shape index (κ3) is 78.4. The second-order valence-electron chi connectivity index (χ2n) is 1.28. The molecule has 0 aromatic carbocycles. The van der Waals surface area contributed by atoms with Crippen LogP contribution in [0, 0.1) is 0 Å². The number of hydrogen-bond acceptors (Lipinski definition) is 4. The van der Waals surface area contributed by atoms with E-state index in [0.717, 1.165) is 6.92 Å². The number of carboxylic acid groups (broad SMARTS) is 1. The van der Waals surface area contributed by atoms with Gasteiger partial charge in [-0.2, -0.15) is 0 Å². The Hall–Kier alpha value is -0.198. The maximum absolute atomic E-state index is 11.2. The van der Waals surface area contributed by atoms with Gasteiger partial charge in [-0.25, -0.2) is 9.18 Å². The van der Waals surface area contributed by atoms with E-state index in [9.17, 15) is 9.18 Å². The van der Waals surface area contributed by atoms with Crippen molar-refractivity contribution in [2.75, 3.05) is 0 Å². The first-order chi connectivity index (χ1) is 4.37. The van der Waals surface area contributed by atoms with Gasteiger partial charge in [0.1, 0.15) is 0 Å². The van der Waals surface area contributed by atoms with Crippen molar-refractivity contribution in [3.05, 3.63) is 0 Å². The number of hydrogen-bond donors (Lipinski definition) is 3. The van der Waals surface area contributed by atoms with Crippen LogP contribution in [0.15, 0.2) is 0 Å². The standard InChI is InChI=1S/C3H5FO2.BH2O3.2FH.Li/c1-2(4)3(5)6;2-1(3)4;;;/h2H,1H3,(H,5,6);2-3H;2*1H;/q;-1;;;+1. The van der Waals surface area contributed by atoms with E-state index in [-0.39, 0.29) is 28.3 Å². The molecule has 0 spiro atoms. The van der Waals surface area contributed by atoms with E-state index >= 15 is 0 Å². The average Bonchev–Trinajstić information content (AvgIpc) is 1.63. The Morgan fingerprint density at radius 3 is 1.54 bits per heavy atom. The predicted octanol–water partition coefficient (Wildman–Crippen LogP) is -4.95. The number of halogens is 3. The van der Waals surface area contributed by atoms with Gasteiger partial charge >= 0.3 is 32.2 Å². The van der Waals surface area contributed by atoms with Crippen LogP contribution in [0.3, 0.4) is 0 Å². The molecule has 5 nitrogen and oxygen atoms in total. The van der Waals surface area contributed by atoms with E-state index in [1.54, 1.807) is 0 Å². The molecule has 0 aliphatic carbocycles. The summed E-state index contributed by atoms with van der Waals surface area (Å²) in [6.45, 7) is 0.975. The van der Waals surface area contributed by atoms with Gasteiger partial charge < -0.3 is 20.2 Å². The Kier molecular flexibility index (Phi) is 40.1. The zero-order valence-electron chi connectivity index (χ0n) is 7.01. The largest absolute Gasteiger partial charge is 1.00 e. The molecule has 0 rings (SSSR count). The Balaban J connectivity index is -0.0000000279. The van der Waals surface area contributed by atoms with Crippen LogP contribution >= 0.6 is 0 Å². The first-order valence-electron chi connectivity index (χ1n) is 2.26. The van der Waals surface area contributed by atoms with Crippen molar-refractivity contribution in [3.63, 3.8) is 0 Å². The molecule has 3 N–H and O–H groups in total. The van der Waals surface area contributed by atoms with E-state index in [4.69, 9.17) is 20.2 Å². The van der Waals surface area contributed by atoms with Crippen LogP contribution in [0.4, 0.5) is 13.8 Å². The molecule has 10 heteroatoms. The molecule has 0 radical (unpaired) electrons. The van der Waals surface area contributed by atoms with Crippen LogP contribution < -0.4 is 23.9 Å². The summed E-state index contributed by atoms with van der Waals surface area (Å²) in [7, 11) is -2.42. The van der Waals surface area contributed by atoms with E-state index in [2.05, 4.69) is 0 Å². The van der Waals surface area contributed by atoms with E-state index in [1.165, 1.54) is 0 Å². The fraction of sp³-hybridized carbons (Fsp3) is 0.667. The fourth-order valence-electron chi connectivity index (χ4n) is 0. The van der Waals surface area contributed by atoms with Gasteiger partial charge in [-0.15, -0.1) is 0 Å². The smallest absolute Gasteiger partial charge is 0.832 e. The molecule has 0 bridgehead atoms. The van der Waals surface area contributed by atoms with Crippen molar-refractivity contribution in [3.8, 4) is 0 Å². The maximum Gasteiger partial charge on any atom is 1.00 e. The van der Waals surface area contributed by atoms with Crippen LogP contribution in [0.1, 0.15) is 6.92 Å². The summed E-state index contributed by atoms with van der Waals surface area (Å²) in [6.07, 6.45) is -1.73. The molecule has 1 atom stereocenters. The molecule has 0 heterocycles. The summed E-state index contributed by atoms with van der Waals surface area (Å²) >= 11 is 0. The van der Waals surface area contributed by atoms with E-state index < -0.39 is 19.5 Å². The predicted molar refractivity (Wildman–Crippen MR) is 33.4 cm³/mol. The monoisotopic (exact) mass is 200 g/mol. The minimum atomic E-state index is -2.42. The summed E-state index contributed by atoms with van der Waals surface area (Å²) in [5.74, 6) is -1.41. The molecule has 0 aliphatic heterocycles. The van der Waals surface area contributed by atoms with Gasteiger partial charge in [-0.05, 0) is 6.92 Å². The van der Waals surface area contributed by atoms with Crippen molar-refractivity contribution >= 4 is 13.3 Å². The zero-order chi connectivity index (χ0) is 8.73. The molecule has 0 aliphatic rings. The molecule has 0 amide bonds. The summed E-state index contributed by atoms with van der Waals surface area (Å²) in [5, 5.41) is 30.4. The molecule has 0 aromatic heterocycles. The third-order valence-corrected chi connectivity index (χ3v) is 0.340. The average molecular weight is 200 g/mol. The van der Waals surface area contributed by atoms with Crippen molar-refractivity contribution < 1.29 is 57.6 Å². The molecular formula is C3H9BF3LiO5. The van der Waals surface area contributed by atoms with Crippen molar-refractivity contribution in [2.24, 2.45) is 0 Å². The minimum Gasteiger partial charge on any atom is -0.832 e. The fourth-order valence-corrected chi connectivity index (χ4v) is 0. The van der Waals surface area contributed by atoms with Crippen LogP contribution in [0.2, 0.25) is 0 Å². The molecule has 76 valence electrons. The minimum absolute atomic E-state index is 0. The number of rotatable bonds is 1. The Bertz CT molecular complexity index is 102. The quantitative estimate of drug-likeness (QED) is 0.368. The van der Waals surface area contributed by atoms with Gasteiger partial charge in [0.25, 0.3) is 0 Å². The normalized spacial score (nSPS) is 8.38. The molecule has 1 unspecified atom stereocenters. The second kappa shape index (κ2) is 17.8. The molecule has 0 aromatic rings. The molecule has 0 fully saturated rings. The van der Waals surface area contributed by atoms with Gasteiger partial charge in [0.05, 0.1) is 0 Å². The SMILES string of the molecule is CC(F)C(=O)O.F.F.[Li+].[O-]B(O)O. The molecule has 0 saturated heterocycles. The summed E-state index contributed by atoms with van der Waals surface area (Å²) in [4.78, 5) is 9.32. The number of aliphatic carboxylic acids is 1. The number of carbonyl (C=O) groups is 1. The first-order valence-corrected chi connectivity index (χ1v) is 2.26. The Labute approximate surface area is 84.7 Å².